The minimum atomic E-state index is -0.455. The first-order chi connectivity index (χ1) is 8.31. The molecule has 1 aromatic carbocycles. The molecule has 0 spiro atoms. The van der Waals surface area contributed by atoms with E-state index < -0.39 is 6.10 Å². The van der Waals surface area contributed by atoms with Crippen molar-refractivity contribution in [1.29, 1.82) is 0 Å². The highest BCUT2D eigenvalue weighted by Gasteiger charge is 2.23. The van der Waals surface area contributed by atoms with Crippen molar-refractivity contribution in [2.45, 2.75) is 31.4 Å². The summed E-state index contributed by atoms with van der Waals surface area (Å²) in [5.74, 6) is 0. The molecule has 3 nitrogen and oxygen atoms in total. The Morgan fingerprint density at radius 1 is 1.24 bits per heavy atom. The normalized spacial score (nSPS) is 23.5. The monoisotopic (exact) mass is 235 g/mol. The molecule has 0 saturated carbocycles. The summed E-state index contributed by atoms with van der Waals surface area (Å²) in [5, 5.41) is 19.5. The van der Waals surface area contributed by atoms with Gasteiger partial charge in [0, 0.05) is 12.6 Å². The van der Waals surface area contributed by atoms with E-state index in [0.29, 0.717) is 6.54 Å². The topological polar surface area (TPSA) is 43.7 Å². The minimum Gasteiger partial charge on any atom is -0.395 e. The zero-order valence-electron chi connectivity index (χ0n) is 10.1. The van der Waals surface area contributed by atoms with Crippen molar-refractivity contribution in [2.75, 3.05) is 19.7 Å². The molecule has 0 aliphatic carbocycles. The van der Waals surface area contributed by atoms with Gasteiger partial charge < -0.3 is 10.2 Å². The van der Waals surface area contributed by atoms with Crippen LogP contribution in [0.15, 0.2) is 30.3 Å². The predicted octanol–water partition coefficient (Wildman–Crippen LogP) is 1.57. The summed E-state index contributed by atoms with van der Waals surface area (Å²) in [6.07, 6.45) is 2.93. The molecular weight excluding hydrogens is 214 g/mol. The number of rotatable bonds is 4. The van der Waals surface area contributed by atoms with Crippen LogP contribution in [0.4, 0.5) is 0 Å². The molecule has 0 radical (unpaired) electrons. The van der Waals surface area contributed by atoms with Crippen molar-refractivity contribution in [3.8, 4) is 0 Å². The highest BCUT2D eigenvalue weighted by Crippen LogP contribution is 2.21. The molecule has 17 heavy (non-hydrogen) atoms. The Morgan fingerprint density at radius 2 is 2.00 bits per heavy atom. The predicted molar refractivity (Wildman–Crippen MR) is 67.7 cm³/mol. The average molecular weight is 235 g/mol. The lowest BCUT2D eigenvalue weighted by Crippen LogP contribution is -2.43. The zero-order chi connectivity index (χ0) is 12.1. The van der Waals surface area contributed by atoms with Crippen LogP contribution in [-0.4, -0.2) is 40.9 Å². The van der Waals surface area contributed by atoms with E-state index in [-0.39, 0.29) is 12.6 Å². The van der Waals surface area contributed by atoms with Gasteiger partial charge >= 0.3 is 0 Å². The van der Waals surface area contributed by atoms with E-state index in [4.69, 9.17) is 0 Å². The minimum absolute atomic E-state index is 0.196. The van der Waals surface area contributed by atoms with Crippen LogP contribution in [0.25, 0.3) is 0 Å². The van der Waals surface area contributed by atoms with Crippen molar-refractivity contribution in [2.24, 2.45) is 0 Å². The Kier molecular flexibility index (Phi) is 4.54. The van der Waals surface area contributed by atoms with E-state index in [1.165, 1.54) is 6.42 Å². The summed E-state index contributed by atoms with van der Waals surface area (Å²) < 4.78 is 0. The lowest BCUT2D eigenvalue weighted by Gasteiger charge is -2.35. The van der Waals surface area contributed by atoms with E-state index in [1.807, 2.05) is 30.3 Å². The lowest BCUT2D eigenvalue weighted by atomic mass is 10.0. The number of hydrogen-bond acceptors (Lipinski definition) is 3. The number of aliphatic hydroxyl groups is 2. The van der Waals surface area contributed by atoms with E-state index in [9.17, 15) is 10.2 Å². The van der Waals surface area contributed by atoms with Crippen LogP contribution in [-0.2, 0) is 0 Å². The van der Waals surface area contributed by atoms with Crippen LogP contribution >= 0.6 is 0 Å². The third kappa shape index (κ3) is 3.28. The fourth-order valence-corrected chi connectivity index (χ4v) is 2.51. The summed E-state index contributed by atoms with van der Waals surface area (Å²) in [6.45, 7) is 1.80. The van der Waals surface area contributed by atoms with Gasteiger partial charge in [0.1, 0.15) is 0 Å². The maximum absolute atomic E-state index is 10.2. The van der Waals surface area contributed by atoms with Crippen LogP contribution in [0.2, 0.25) is 0 Å². The molecule has 2 atom stereocenters. The lowest BCUT2D eigenvalue weighted by molar-refractivity contribution is 0.0417. The van der Waals surface area contributed by atoms with Crippen molar-refractivity contribution >= 4 is 0 Å². The Bertz CT molecular complexity index is 328. The number of β-amino-alcohol motifs (C(OH)–C–C–N with tert-alkyl or cyclic N) is 1. The molecule has 0 bridgehead atoms. The van der Waals surface area contributed by atoms with Crippen LogP contribution < -0.4 is 0 Å². The number of benzene rings is 1. The summed E-state index contributed by atoms with van der Waals surface area (Å²) in [6, 6.07) is 9.96. The smallest absolute Gasteiger partial charge is 0.0917 e. The van der Waals surface area contributed by atoms with Gasteiger partial charge in [-0.2, -0.15) is 0 Å². The maximum atomic E-state index is 10.2. The second-order valence-electron chi connectivity index (χ2n) is 4.75. The first kappa shape index (κ1) is 12.6. The van der Waals surface area contributed by atoms with Gasteiger partial charge in [-0.25, -0.2) is 0 Å². The molecule has 1 saturated heterocycles. The number of aliphatic hydroxyl groups excluding tert-OH is 2. The number of hydrogen-bond donors (Lipinski definition) is 2. The van der Waals surface area contributed by atoms with E-state index in [2.05, 4.69) is 4.90 Å². The van der Waals surface area contributed by atoms with Crippen molar-refractivity contribution in [1.82, 2.24) is 4.90 Å². The van der Waals surface area contributed by atoms with E-state index in [0.717, 1.165) is 24.9 Å². The second-order valence-corrected chi connectivity index (χ2v) is 4.75. The van der Waals surface area contributed by atoms with Gasteiger partial charge in [-0.05, 0) is 24.9 Å². The highest BCUT2D eigenvalue weighted by molar-refractivity contribution is 5.17. The number of piperidine rings is 1. The molecular formula is C14H21NO2. The zero-order valence-corrected chi connectivity index (χ0v) is 10.1. The van der Waals surface area contributed by atoms with Crippen LogP contribution in [0.3, 0.4) is 0 Å². The van der Waals surface area contributed by atoms with Crippen LogP contribution in [0.5, 0.6) is 0 Å². The van der Waals surface area contributed by atoms with Crippen molar-refractivity contribution in [3.05, 3.63) is 35.9 Å². The molecule has 1 aliphatic rings. The Labute approximate surface area is 103 Å². The fraction of sp³-hybridized carbons (Fsp3) is 0.571. The maximum Gasteiger partial charge on any atom is 0.0917 e. The van der Waals surface area contributed by atoms with Gasteiger partial charge in [-0.3, -0.25) is 4.90 Å². The molecule has 0 unspecified atom stereocenters. The molecule has 1 aromatic rings. The average Bonchev–Trinajstić information content (AvgIpc) is 2.40. The van der Waals surface area contributed by atoms with E-state index in [1.54, 1.807) is 0 Å². The van der Waals surface area contributed by atoms with E-state index >= 15 is 0 Å². The molecule has 1 heterocycles. The third-order valence-corrected chi connectivity index (χ3v) is 3.55. The highest BCUT2D eigenvalue weighted by atomic mass is 16.3. The molecule has 0 aromatic heterocycles. The van der Waals surface area contributed by atoms with Gasteiger partial charge in [-0.15, -0.1) is 0 Å². The summed E-state index contributed by atoms with van der Waals surface area (Å²) >= 11 is 0. The largest absolute Gasteiger partial charge is 0.395 e. The Morgan fingerprint density at radius 3 is 2.71 bits per heavy atom. The molecule has 3 heteroatoms. The third-order valence-electron chi connectivity index (χ3n) is 3.55. The van der Waals surface area contributed by atoms with Gasteiger partial charge in [-0.1, -0.05) is 36.8 Å². The summed E-state index contributed by atoms with van der Waals surface area (Å²) in [7, 11) is 0. The molecule has 2 rings (SSSR count). The van der Waals surface area contributed by atoms with Crippen LogP contribution in [0, 0.1) is 0 Å². The molecule has 94 valence electrons. The van der Waals surface area contributed by atoms with Gasteiger partial charge in [0.2, 0.25) is 0 Å². The first-order valence-corrected chi connectivity index (χ1v) is 6.39. The standard InChI is InChI=1S/C14H21NO2/c16-11-13-8-4-5-9-15(13)10-14(17)12-6-2-1-3-7-12/h1-3,6-7,13-14,16-17H,4-5,8-11H2/t13-,14+/m0/s1. The second kappa shape index (κ2) is 6.15. The van der Waals surface area contributed by atoms with Crippen molar-refractivity contribution < 1.29 is 10.2 Å². The summed E-state index contributed by atoms with van der Waals surface area (Å²) in [4.78, 5) is 2.21. The molecule has 1 aliphatic heterocycles. The number of likely N-dealkylation sites (tertiary alicyclic amines) is 1. The van der Waals surface area contributed by atoms with Gasteiger partial charge in [0.05, 0.1) is 12.7 Å². The molecule has 1 fully saturated rings. The quantitative estimate of drug-likeness (QED) is 0.832. The number of nitrogens with zero attached hydrogens (tertiary/aromatic N) is 1. The van der Waals surface area contributed by atoms with Gasteiger partial charge in [0.25, 0.3) is 0 Å². The Hall–Kier alpha value is -0.900. The van der Waals surface area contributed by atoms with Gasteiger partial charge in [0.15, 0.2) is 0 Å². The first-order valence-electron chi connectivity index (χ1n) is 6.39. The summed E-state index contributed by atoms with van der Waals surface area (Å²) in [5.41, 5.74) is 0.953. The molecule has 0 amide bonds. The molecule has 2 N–H and O–H groups in total. The van der Waals surface area contributed by atoms with Crippen molar-refractivity contribution in [3.63, 3.8) is 0 Å². The van der Waals surface area contributed by atoms with Crippen LogP contribution in [0.1, 0.15) is 30.9 Å². The fourth-order valence-electron chi connectivity index (χ4n) is 2.51. The SMILES string of the molecule is OC[C@@H]1CCCCN1C[C@@H](O)c1ccccc1. The Balaban J connectivity index is 1.95.